The first-order valence-corrected chi connectivity index (χ1v) is 5.53. The Kier molecular flexibility index (Phi) is 2.37. The van der Waals surface area contributed by atoms with Crippen LogP contribution in [0.4, 0.5) is 0 Å². The van der Waals surface area contributed by atoms with Gasteiger partial charge < -0.3 is 10.1 Å². The smallest absolute Gasteiger partial charge is 0.0685 e. The number of hydrogen-bond acceptors (Lipinski definition) is 2. The molecular formula is C11H21NO. The molecule has 76 valence electrons. The van der Waals surface area contributed by atoms with E-state index in [1.54, 1.807) is 0 Å². The molecule has 1 saturated heterocycles. The zero-order chi connectivity index (χ0) is 9.47. The summed E-state index contributed by atoms with van der Waals surface area (Å²) in [7, 11) is 0. The molecule has 2 rings (SSSR count). The lowest BCUT2D eigenvalue weighted by Gasteiger charge is -2.55. The van der Waals surface area contributed by atoms with Crippen LogP contribution in [0.3, 0.4) is 0 Å². The second-order valence-corrected chi connectivity index (χ2v) is 5.00. The molecule has 1 heterocycles. The first kappa shape index (κ1) is 9.47. The van der Waals surface area contributed by atoms with Crippen LogP contribution in [0.25, 0.3) is 0 Å². The van der Waals surface area contributed by atoms with Gasteiger partial charge in [-0.25, -0.2) is 0 Å². The van der Waals surface area contributed by atoms with Crippen LogP contribution in [0.15, 0.2) is 0 Å². The molecule has 0 bridgehead atoms. The van der Waals surface area contributed by atoms with Crippen LogP contribution >= 0.6 is 0 Å². The number of ether oxygens (including phenoxy) is 1. The van der Waals surface area contributed by atoms with Gasteiger partial charge >= 0.3 is 0 Å². The molecule has 3 atom stereocenters. The third-order valence-corrected chi connectivity index (χ3v) is 3.71. The molecule has 1 saturated carbocycles. The summed E-state index contributed by atoms with van der Waals surface area (Å²) in [5.74, 6) is 0.793. The summed E-state index contributed by atoms with van der Waals surface area (Å²) in [6.45, 7) is 9.00. The Hall–Kier alpha value is -0.0800. The monoisotopic (exact) mass is 183 g/mol. The van der Waals surface area contributed by atoms with E-state index in [4.69, 9.17) is 4.74 Å². The lowest BCUT2D eigenvalue weighted by molar-refractivity contribution is -0.112. The van der Waals surface area contributed by atoms with Gasteiger partial charge in [0, 0.05) is 24.0 Å². The van der Waals surface area contributed by atoms with E-state index in [-0.39, 0.29) is 0 Å². The number of rotatable bonds is 3. The van der Waals surface area contributed by atoms with Crippen molar-refractivity contribution in [3.8, 4) is 0 Å². The summed E-state index contributed by atoms with van der Waals surface area (Å²) in [5.41, 5.74) is 0.357. The van der Waals surface area contributed by atoms with E-state index < -0.39 is 0 Å². The summed E-state index contributed by atoms with van der Waals surface area (Å²) < 4.78 is 5.74. The van der Waals surface area contributed by atoms with E-state index in [1.807, 2.05) is 0 Å². The summed E-state index contributed by atoms with van der Waals surface area (Å²) in [4.78, 5) is 0. The Bertz CT molecular complexity index is 191. The molecule has 2 heteroatoms. The first-order valence-electron chi connectivity index (χ1n) is 5.53. The lowest BCUT2D eigenvalue weighted by atomic mass is 9.57. The molecule has 2 nitrogen and oxygen atoms in total. The average Bonchev–Trinajstić information content (AvgIpc) is 2.51. The molecule has 1 aliphatic carbocycles. The highest BCUT2D eigenvalue weighted by Gasteiger charge is 2.58. The van der Waals surface area contributed by atoms with Crippen LogP contribution < -0.4 is 5.32 Å². The molecule has 0 aromatic heterocycles. The van der Waals surface area contributed by atoms with Crippen LogP contribution in [0.5, 0.6) is 0 Å². The predicted octanol–water partition coefficient (Wildman–Crippen LogP) is 1.80. The van der Waals surface area contributed by atoms with Gasteiger partial charge in [-0.15, -0.1) is 0 Å². The molecule has 2 fully saturated rings. The Morgan fingerprint density at radius 1 is 1.46 bits per heavy atom. The SMILES string of the molecule is CCCN[C@H]1[C@H]2CCO[C@@H]2C1(C)C. The third kappa shape index (κ3) is 1.31. The maximum absolute atomic E-state index is 5.74. The minimum absolute atomic E-state index is 0.357. The van der Waals surface area contributed by atoms with E-state index in [1.165, 1.54) is 12.8 Å². The fourth-order valence-electron chi connectivity index (χ4n) is 3.04. The van der Waals surface area contributed by atoms with Crippen LogP contribution in [-0.4, -0.2) is 25.3 Å². The van der Waals surface area contributed by atoms with Gasteiger partial charge in [0.25, 0.3) is 0 Å². The van der Waals surface area contributed by atoms with E-state index in [9.17, 15) is 0 Å². The van der Waals surface area contributed by atoms with E-state index in [0.717, 1.165) is 19.1 Å². The highest BCUT2D eigenvalue weighted by atomic mass is 16.5. The van der Waals surface area contributed by atoms with Gasteiger partial charge in [-0.05, 0) is 19.4 Å². The van der Waals surface area contributed by atoms with Gasteiger partial charge in [-0.2, -0.15) is 0 Å². The molecule has 13 heavy (non-hydrogen) atoms. The van der Waals surface area contributed by atoms with Crippen LogP contribution in [-0.2, 0) is 4.74 Å². The summed E-state index contributed by atoms with van der Waals surface area (Å²) in [6, 6.07) is 0.694. The quantitative estimate of drug-likeness (QED) is 0.720. The average molecular weight is 183 g/mol. The van der Waals surface area contributed by atoms with Crippen molar-refractivity contribution in [3.05, 3.63) is 0 Å². The second kappa shape index (κ2) is 3.25. The molecule has 1 aliphatic heterocycles. The Morgan fingerprint density at radius 3 is 2.92 bits per heavy atom. The molecule has 0 aromatic rings. The number of fused-ring (bicyclic) bond motifs is 1. The van der Waals surface area contributed by atoms with Crippen LogP contribution in [0.1, 0.15) is 33.6 Å². The van der Waals surface area contributed by atoms with Gasteiger partial charge in [-0.3, -0.25) is 0 Å². The zero-order valence-electron chi connectivity index (χ0n) is 8.97. The first-order chi connectivity index (χ1) is 6.18. The van der Waals surface area contributed by atoms with Crippen molar-refractivity contribution in [1.82, 2.24) is 5.32 Å². The molecule has 2 aliphatic rings. The fraction of sp³-hybridized carbons (Fsp3) is 1.00. The third-order valence-electron chi connectivity index (χ3n) is 3.71. The minimum atomic E-state index is 0.357. The minimum Gasteiger partial charge on any atom is -0.377 e. The summed E-state index contributed by atoms with van der Waals surface area (Å²) in [5, 5.41) is 3.65. The summed E-state index contributed by atoms with van der Waals surface area (Å²) >= 11 is 0. The highest BCUT2D eigenvalue weighted by Crippen LogP contribution is 2.51. The normalized spacial score (nSPS) is 41.3. The Labute approximate surface area is 81.0 Å². The van der Waals surface area contributed by atoms with Crippen LogP contribution in [0, 0.1) is 11.3 Å². The van der Waals surface area contributed by atoms with Gasteiger partial charge in [0.05, 0.1) is 6.10 Å². The number of nitrogens with one attached hydrogen (secondary N) is 1. The maximum Gasteiger partial charge on any atom is 0.0685 e. The van der Waals surface area contributed by atoms with Crippen molar-refractivity contribution in [2.75, 3.05) is 13.2 Å². The fourth-order valence-corrected chi connectivity index (χ4v) is 3.04. The largest absolute Gasteiger partial charge is 0.377 e. The Morgan fingerprint density at radius 2 is 2.23 bits per heavy atom. The topological polar surface area (TPSA) is 21.3 Å². The van der Waals surface area contributed by atoms with E-state index >= 15 is 0 Å². The van der Waals surface area contributed by atoms with Crippen molar-refractivity contribution in [1.29, 1.82) is 0 Å². The lowest BCUT2D eigenvalue weighted by Crippen LogP contribution is -2.65. The second-order valence-electron chi connectivity index (χ2n) is 5.00. The van der Waals surface area contributed by atoms with Crippen molar-refractivity contribution in [3.63, 3.8) is 0 Å². The van der Waals surface area contributed by atoms with E-state index in [2.05, 4.69) is 26.1 Å². The molecule has 1 N–H and O–H groups in total. The van der Waals surface area contributed by atoms with Gasteiger partial charge in [0.1, 0.15) is 0 Å². The van der Waals surface area contributed by atoms with Crippen molar-refractivity contribution in [2.45, 2.75) is 45.8 Å². The molecule has 0 amide bonds. The van der Waals surface area contributed by atoms with Crippen molar-refractivity contribution in [2.24, 2.45) is 11.3 Å². The molecule has 0 unspecified atom stereocenters. The highest BCUT2D eigenvalue weighted by molar-refractivity contribution is 5.11. The van der Waals surface area contributed by atoms with Gasteiger partial charge in [-0.1, -0.05) is 20.8 Å². The molecule has 0 radical (unpaired) electrons. The molecular weight excluding hydrogens is 162 g/mol. The summed E-state index contributed by atoms with van der Waals surface area (Å²) in [6.07, 6.45) is 3.02. The molecule has 0 spiro atoms. The van der Waals surface area contributed by atoms with Crippen molar-refractivity contribution < 1.29 is 4.74 Å². The molecule has 0 aromatic carbocycles. The zero-order valence-corrected chi connectivity index (χ0v) is 8.97. The number of hydrogen-bond donors (Lipinski definition) is 1. The van der Waals surface area contributed by atoms with Gasteiger partial charge in [0.15, 0.2) is 0 Å². The maximum atomic E-state index is 5.74. The predicted molar refractivity (Wildman–Crippen MR) is 53.7 cm³/mol. The van der Waals surface area contributed by atoms with Gasteiger partial charge in [0.2, 0.25) is 0 Å². The standard InChI is InChI=1S/C11H21NO/c1-4-6-12-9-8-5-7-13-10(8)11(9,2)3/h8-10,12H,4-7H2,1-3H3/t8-,9+,10+/m1/s1. The van der Waals surface area contributed by atoms with E-state index in [0.29, 0.717) is 17.6 Å². The Balaban J connectivity index is 1.95. The van der Waals surface area contributed by atoms with Crippen molar-refractivity contribution >= 4 is 0 Å². The van der Waals surface area contributed by atoms with Crippen LogP contribution in [0.2, 0.25) is 0 Å².